The van der Waals surface area contributed by atoms with Crippen molar-refractivity contribution in [2.45, 2.75) is 44.6 Å². The predicted octanol–water partition coefficient (Wildman–Crippen LogP) is 1.03. The zero-order valence-corrected chi connectivity index (χ0v) is 12.0. The summed E-state index contributed by atoms with van der Waals surface area (Å²) in [5.41, 5.74) is -0.228. The second-order valence-electron chi connectivity index (χ2n) is 5.69. The first-order valence-corrected chi connectivity index (χ1v) is 7.14. The van der Waals surface area contributed by atoms with Gasteiger partial charge in [-0.1, -0.05) is 0 Å². The molecule has 2 aliphatic rings. The second-order valence-corrected chi connectivity index (χ2v) is 5.69. The van der Waals surface area contributed by atoms with Gasteiger partial charge in [0.05, 0.1) is 12.0 Å². The first-order chi connectivity index (χ1) is 9.09. The Morgan fingerprint density at radius 2 is 2.21 bits per heavy atom. The van der Waals surface area contributed by atoms with E-state index in [-0.39, 0.29) is 17.4 Å². The van der Waals surface area contributed by atoms with Crippen molar-refractivity contribution in [3.63, 3.8) is 0 Å². The van der Waals surface area contributed by atoms with Crippen molar-refractivity contribution >= 4 is 11.8 Å². The lowest BCUT2D eigenvalue weighted by atomic mass is 9.85. The Morgan fingerprint density at radius 1 is 1.42 bits per heavy atom. The van der Waals surface area contributed by atoms with Crippen LogP contribution in [0.1, 0.15) is 39.0 Å². The van der Waals surface area contributed by atoms with Crippen molar-refractivity contribution < 1.29 is 14.3 Å². The highest BCUT2D eigenvalue weighted by atomic mass is 16.5. The number of ether oxygens (including phenoxy) is 1. The molecule has 5 heteroatoms. The summed E-state index contributed by atoms with van der Waals surface area (Å²) < 4.78 is 5.03. The number of carbonyl (C=O) groups excluding carboxylic acids is 2. The quantitative estimate of drug-likeness (QED) is 0.715. The van der Waals surface area contributed by atoms with Gasteiger partial charge in [0, 0.05) is 40.3 Å². The van der Waals surface area contributed by atoms with Crippen LogP contribution in [0.15, 0.2) is 0 Å². The minimum Gasteiger partial charge on any atom is -0.385 e. The van der Waals surface area contributed by atoms with E-state index in [2.05, 4.69) is 0 Å². The van der Waals surface area contributed by atoms with Crippen LogP contribution in [0.4, 0.5) is 0 Å². The van der Waals surface area contributed by atoms with Gasteiger partial charge >= 0.3 is 0 Å². The average Bonchev–Trinajstić information content (AvgIpc) is 2.67. The monoisotopic (exact) mass is 268 g/mol. The minimum absolute atomic E-state index is 0.103. The molecular formula is C14H24N2O3. The molecule has 2 fully saturated rings. The minimum atomic E-state index is -0.228. The Morgan fingerprint density at radius 3 is 2.89 bits per heavy atom. The number of piperidine rings is 1. The first-order valence-electron chi connectivity index (χ1n) is 7.14. The molecule has 2 heterocycles. The number of amides is 2. The Bertz CT molecular complexity index is 359. The molecule has 2 saturated heterocycles. The highest BCUT2D eigenvalue weighted by Crippen LogP contribution is 2.37. The van der Waals surface area contributed by atoms with Crippen LogP contribution in [-0.4, -0.2) is 60.5 Å². The third-order valence-electron chi connectivity index (χ3n) is 4.32. The van der Waals surface area contributed by atoms with Gasteiger partial charge in [0.25, 0.3) is 0 Å². The number of hydrogen-bond donors (Lipinski definition) is 0. The first kappa shape index (κ1) is 14.3. The van der Waals surface area contributed by atoms with E-state index in [1.807, 2.05) is 9.80 Å². The van der Waals surface area contributed by atoms with Crippen molar-refractivity contribution in [1.29, 1.82) is 0 Å². The van der Waals surface area contributed by atoms with E-state index < -0.39 is 0 Å². The number of likely N-dealkylation sites (tertiary alicyclic amines) is 2. The third-order valence-corrected chi connectivity index (χ3v) is 4.32. The van der Waals surface area contributed by atoms with Gasteiger partial charge in [0.1, 0.15) is 0 Å². The molecule has 0 aromatic rings. The largest absolute Gasteiger partial charge is 0.385 e. The van der Waals surface area contributed by atoms with Crippen molar-refractivity contribution in [3.05, 3.63) is 0 Å². The number of methoxy groups -OCH3 is 1. The van der Waals surface area contributed by atoms with Crippen molar-refractivity contribution in [2.24, 2.45) is 0 Å². The van der Waals surface area contributed by atoms with Crippen molar-refractivity contribution in [1.82, 2.24) is 9.80 Å². The normalized spacial score (nSPS) is 27.4. The molecule has 0 aromatic heterocycles. The molecule has 1 spiro atoms. The van der Waals surface area contributed by atoms with Crippen LogP contribution < -0.4 is 0 Å². The average molecular weight is 268 g/mol. The van der Waals surface area contributed by atoms with Crippen molar-refractivity contribution in [3.8, 4) is 0 Å². The topological polar surface area (TPSA) is 49.9 Å². The molecule has 0 unspecified atom stereocenters. The lowest BCUT2D eigenvalue weighted by molar-refractivity contribution is -0.137. The third kappa shape index (κ3) is 2.91. The second kappa shape index (κ2) is 5.90. The standard InChI is InChI=1S/C14H24N2O3/c1-12(17)16-8-4-3-6-14(16)10-13(18)15(11-14)7-5-9-19-2/h3-11H2,1-2H3/t14-/m0/s1. The molecule has 0 bridgehead atoms. The Balaban J connectivity index is 2.03. The fraction of sp³-hybridized carbons (Fsp3) is 0.857. The highest BCUT2D eigenvalue weighted by Gasteiger charge is 2.48. The van der Waals surface area contributed by atoms with Gasteiger partial charge in [-0.25, -0.2) is 0 Å². The number of rotatable bonds is 4. The van der Waals surface area contributed by atoms with Crippen LogP contribution >= 0.6 is 0 Å². The molecule has 0 N–H and O–H groups in total. The SMILES string of the molecule is COCCCN1C[C@]2(CCCCN2C(C)=O)CC1=O. The Hall–Kier alpha value is -1.10. The summed E-state index contributed by atoms with van der Waals surface area (Å²) in [7, 11) is 1.67. The number of hydrogen-bond acceptors (Lipinski definition) is 3. The summed E-state index contributed by atoms with van der Waals surface area (Å²) in [6.07, 6.45) is 4.49. The van der Waals surface area contributed by atoms with E-state index in [9.17, 15) is 9.59 Å². The van der Waals surface area contributed by atoms with Gasteiger partial charge in [-0.15, -0.1) is 0 Å². The number of carbonyl (C=O) groups is 2. The van der Waals surface area contributed by atoms with Gasteiger partial charge in [0.2, 0.25) is 11.8 Å². The van der Waals surface area contributed by atoms with Crippen LogP contribution in [0.5, 0.6) is 0 Å². The molecule has 2 rings (SSSR count). The Labute approximate surface area is 114 Å². The summed E-state index contributed by atoms with van der Waals surface area (Å²) in [5, 5.41) is 0. The Kier molecular flexibility index (Phi) is 4.45. The molecule has 2 aliphatic heterocycles. The van der Waals surface area contributed by atoms with Crippen LogP contribution in [0.3, 0.4) is 0 Å². The van der Waals surface area contributed by atoms with Gasteiger partial charge in [-0.05, 0) is 25.7 Å². The summed E-state index contributed by atoms with van der Waals surface area (Å²) >= 11 is 0. The van der Waals surface area contributed by atoms with Gasteiger partial charge < -0.3 is 14.5 Å². The maximum atomic E-state index is 12.2. The molecule has 0 saturated carbocycles. The molecule has 0 radical (unpaired) electrons. The fourth-order valence-electron chi connectivity index (χ4n) is 3.43. The van der Waals surface area contributed by atoms with E-state index in [0.29, 0.717) is 19.6 Å². The zero-order chi connectivity index (χ0) is 13.9. The van der Waals surface area contributed by atoms with Gasteiger partial charge in [0.15, 0.2) is 0 Å². The van der Waals surface area contributed by atoms with E-state index in [1.165, 1.54) is 0 Å². The summed E-state index contributed by atoms with van der Waals surface area (Å²) in [5.74, 6) is 0.287. The molecule has 5 nitrogen and oxygen atoms in total. The lowest BCUT2D eigenvalue weighted by Gasteiger charge is -2.44. The summed E-state index contributed by atoms with van der Waals surface area (Å²) in [6.45, 7) is 4.53. The van der Waals surface area contributed by atoms with Crippen molar-refractivity contribution in [2.75, 3.05) is 33.4 Å². The van der Waals surface area contributed by atoms with Crippen LogP contribution in [0, 0.1) is 0 Å². The molecule has 0 aromatic carbocycles. The summed E-state index contributed by atoms with van der Waals surface area (Å²) in [6, 6.07) is 0. The van der Waals surface area contributed by atoms with Crippen LogP contribution in [0.2, 0.25) is 0 Å². The fourth-order valence-corrected chi connectivity index (χ4v) is 3.43. The molecule has 2 amide bonds. The van der Waals surface area contributed by atoms with E-state index >= 15 is 0 Å². The molecule has 19 heavy (non-hydrogen) atoms. The molecule has 108 valence electrons. The van der Waals surface area contributed by atoms with Crippen LogP contribution in [-0.2, 0) is 14.3 Å². The highest BCUT2D eigenvalue weighted by molar-refractivity contribution is 5.83. The van der Waals surface area contributed by atoms with Crippen LogP contribution in [0.25, 0.3) is 0 Å². The maximum Gasteiger partial charge on any atom is 0.225 e. The van der Waals surface area contributed by atoms with E-state index in [0.717, 1.165) is 38.8 Å². The van der Waals surface area contributed by atoms with E-state index in [4.69, 9.17) is 4.74 Å². The van der Waals surface area contributed by atoms with Gasteiger partial charge in [-0.3, -0.25) is 9.59 Å². The van der Waals surface area contributed by atoms with E-state index in [1.54, 1.807) is 14.0 Å². The molecule has 1 atom stereocenters. The predicted molar refractivity (Wildman–Crippen MR) is 71.7 cm³/mol. The maximum absolute atomic E-state index is 12.2. The lowest BCUT2D eigenvalue weighted by Crippen LogP contribution is -2.55. The zero-order valence-electron chi connectivity index (χ0n) is 12.0. The molecule has 0 aliphatic carbocycles. The number of nitrogens with zero attached hydrogens (tertiary/aromatic N) is 2. The smallest absolute Gasteiger partial charge is 0.225 e. The summed E-state index contributed by atoms with van der Waals surface area (Å²) in [4.78, 5) is 27.8. The molecular weight excluding hydrogens is 244 g/mol. The van der Waals surface area contributed by atoms with Gasteiger partial charge in [-0.2, -0.15) is 0 Å².